The summed E-state index contributed by atoms with van der Waals surface area (Å²) in [6, 6.07) is 13.4. The van der Waals surface area contributed by atoms with E-state index >= 15 is 0 Å². The topological polar surface area (TPSA) is 87.9 Å². The van der Waals surface area contributed by atoms with Crippen LogP contribution in [0.1, 0.15) is 5.56 Å². The number of nitriles is 1. The predicted octanol–water partition coefficient (Wildman–Crippen LogP) is 2.76. The van der Waals surface area contributed by atoms with Crippen LogP contribution < -0.4 is 17.0 Å². The Morgan fingerprint density at radius 3 is 2.62 bits per heavy atom. The number of benzene rings is 2. The van der Waals surface area contributed by atoms with Crippen molar-refractivity contribution in [3.8, 4) is 17.2 Å². The molecule has 4 nitrogen and oxygen atoms in total. The fraction of sp³-hybridized carbons (Fsp3) is 0. The summed E-state index contributed by atoms with van der Waals surface area (Å²) in [6.07, 6.45) is 0. The molecule has 0 aliphatic rings. The van der Waals surface area contributed by atoms with Gasteiger partial charge in [-0.25, -0.2) is 10.2 Å². The summed E-state index contributed by atoms with van der Waals surface area (Å²) in [7, 11) is 0. The third kappa shape index (κ3) is 2.97. The lowest BCUT2D eigenvalue weighted by Crippen LogP contribution is -2.23. The lowest BCUT2D eigenvalue weighted by atomic mass is 10.0. The normalized spacial score (nSPS) is 11.5. The molecule has 0 atom stereocenters. The Hall–Kier alpha value is -2.55. The van der Waals surface area contributed by atoms with E-state index in [-0.39, 0.29) is 16.4 Å². The van der Waals surface area contributed by atoms with E-state index in [0.29, 0.717) is 16.7 Å². The Morgan fingerprint density at radius 1 is 1.24 bits per heavy atom. The highest BCUT2D eigenvalue weighted by atomic mass is 35.5. The minimum Gasteiger partial charge on any atom is -0.396 e. The molecule has 0 amide bonds. The molecule has 6 heteroatoms. The zero-order valence-corrected chi connectivity index (χ0v) is 11.7. The largest absolute Gasteiger partial charge is 0.396 e. The molecule has 21 heavy (non-hydrogen) atoms. The van der Waals surface area contributed by atoms with Gasteiger partial charge in [0.1, 0.15) is 11.9 Å². The summed E-state index contributed by atoms with van der Waals surface area (Å²) < 4.78 is 14.1. The molecule has 2 aromatic carbocycles. The number of hydrazine groups is 1. The zero-order valence-electron chi connectivity index (χ0n) is 10.9. The number of nitrogens with two attached hydrogens (primary N) is 2. The molecule has 0 unspecified atom stereocenters. The second-order valence-corrected chi connectivity index (χ2v) is 4.63. The van der Waals surface area contributed by atoms with Crippen molar-refractivity contribution in [2.24, 2.45) is 11.6 Å². The highest BCUT2D eigenvalue weighted by molar-refractivity contribution is 6.31. The van der Waals surface area contributed by atoms with Gasteiger partial charge in [-0.3, -0.25) is 0 Å². The standard InChI is InChI=1S/C15H12ClFN4/c16-12-6-2-5-11(14(12)17)9-3-1-4-10(7-9)15(19)13(8-18)21-20/h1-7,21H,19-20H2/b15-13-. The van der Waals surface area contributed by atoms with Crippen LogP contribution in [0.3, 0.4) is 0 Å². The maximum Gasteiger partial charge on any atom is 0.151 e. The van der Waals surface area contributed by atoms with Crippen molar-refractivity contribution >= 4 is 17.3 Å². The van der Waals surface area contributed by atoms with Gasteiger partial charge in [-0.2, -0.15) is 5.26 Å². The molecule has 0 aromatic heterocycles. The van der Waals surface area contributed by atoms with E-state index < -0.39 is 5.82 Å². The maximum absolute atomic E-state index is 14.1. The third-order valence-electron chi connectivity index (χ3n) is 2.96. The van der Waals surface area contributed by atoms with Gasteiger partial charge in [-0.15, -0.1) is 0 Å². The molecule has 0 fully saturated rings. The van der Waals surface area contributed by atoms with Gasteiger partial charge >= 0.3 is 0 Å². The van der Waals surface area contributed by atoms with Gasteiger partial charge in [0.05, 0.1) is 10.7 Å². The van der Waals surface area contributed by atoms with Gasteiger partial charge in [0, 0.05) is 11.1 Å². The summed E-state index contributed by atoms with van der Waals surface area (Å²) >= 11 is 5.78. The van der Waals surface area contributed by atoms with Crippen LogP contribution in [0.4, 0.5) is 4.39 Å². The molecule has 2 rings (SSSR count). The Kier molecular flexibility index (Phi) is 4.43. The highest BCUT2D eigenvalue weighted by Crippen LogP contribution is 2.29. The van der Waals surface area contributed by atoms with E-state index in [1.165, 1.54) is 6.07 Å². The molecule has 0 spiro atoms. The number of hydrogen-bond acceptors (Lipinski definition) is 4. The molecular formula is C15H12ClFN4. The molecule has 0 radical (unpaired) electrons. The first-order valence-electron chi connectivity index (χ1n) is 5.99. The highest BCUT2D eigenvalue weighted by Gasteiger charge is 2.10. The lowest BCUT2D eigenvalue weighted by Gasteiger charge is -2.09. The molecule has 0 aliphatic carbocycles. The van der Waals surface area contributed by atoms with E-state index in [0.717, 1.165) is 0 Å². The second-order valence-electron chi connectivity index (χ2n) is 4.23. The molecule has 0 bridgehead atoms. The summed E-state index contributed by atoms with van der Waals surface area (Å²) in [6.45, 7) is 0. The SMILES string of the molecule is N#C/C(NN)=C(/N)c1cccc(-c2cccc(Cl)c2F)c1. The Morgan fingerprint density at radius 2 is 1.95 bits per heavy atom. The molecule has 5 N–H and O–H groups in total. The van der Waals surface area contributed by atoms with Crippen LogP contribution in [0, 0.1) is 17.1 Å². The Labute approximate surface area is 126 Å². The molecular weight excluding hydrogens is 291 g/mol. The second kappa shape index (κ2) is 6.27. The van der Waals surface area contributed by atoms with Crippen LogP contribution >= 0.6 is 11.6 Å². The summed E-state index contributed by atoms with van der Waals surface area (Å²) in [5, 5.41) is 8.96. The number of nitrogens with zero attached hydrogens (tertiary/aromatic N) is 1. The molecule has 0 heterocycles. The summed E-state index contributed by atoms with van der Waals surface area (Å²) in [5.41, 5.74) is 9.84. The zero-order chi connectivity index (χ0) is 15.4. The quantitative estimate of drug-likeness (QED) is 0.462. The minimum atomic E-state index is -0.503. The summed E-state index contributed by atoms with van der Waals surface area (Å²) in [5.74, 6) is 4.72. The van der Waals surface area contributed by atoms with Crippen LogP contribution in [0.2, 0.25) is 5.02 Å². The number of halogens is 2. The molecule has 2 aromatic rings. The van der Waals surface area contributed by atoms with Gasteiger partial charge in [0.2, 0.25) is 0 Å². The van der Waals surface area contributed by atoms with Gasteiger partial charge in [0.25, 0.3) is 0 Å². The predicted molar refractivity (Wildman–Crippen MR) is 80.9 cm³/mol. The molecule has 106 valence electrons. The molecule has 0 saturated heterocycles. The van der Waals surface area contributed by atoms with Crippen molar-refractivity contribution in [2.75, 3.05) is 0 Å². The molecule has 0 saturated carbocycles. The summed E-state index contributed by atoms with van der Waals surface area (Å²) in [4.78, 5) is 0. The maximum atomic E-state index is 14.1. The van der Waals surface area contributed by atoms with Gasteiger partial charge in [-0.1, -0.05) is 41.9 Å². The van der Waals surface area contributed by atoms with Gasteiger partial charge in [-0.05, 0) is 17.7 Å². The van der Waals surface area contributed by atoms with Crippen LogP contribution in [0.15, 0.2) is 48.2 Å². The fourth-order valence-electron chi connectivity index (χ4n) is 1.90. The lowest BCUT2D eigenvalue weighted by molar-refractivity contribution is 0.632. The number of hydrogen-bond donors (Lipinski definition) is 3. The monoisotopic (exact) mass is 302 g/mol. The van der Waals surface area contributed by atoms with E-state index in [9.17, 15) is 4.39 Å². The minimum absolute atomic E-state index is 0.0405. The van der Waals surface area contributed by atoms with Crippen LogP contribution in [0.5, 0.6) is 0 Å². The van der Waals surface area contributed by atoms with Crippen molar-refractivity contribution in [1.82, 2.24) is 5.43 Å². The Bertz CT molecular complexity index is 750. The van der Waals surface area contributed by atoms with Crippen molar-refractivity contribution in [3.05, 3.63) is 64.6 Å². The van der Waals surface area contributed by atoms with Crippen LogP contribution in [0.25, 0.3) is 16.8 Å². The van der Waals surface area contributed by atoms with E-state index in [4.69, 9.17) is 28.4 Å². The number of rotatable bonds is 3. The fourth-order valence-corrected chi connectivity index (χ4v) is 2.07. The van der Waals surface area contributed by atoms with Crippen molar-refractivity contribution in [3.63, 3.8) is 0 Å². The van der Waals surface area contributed by atoms with Crippen molar-refractivity contribution in [1.29, 1.82) is 5.26 Å². The van der Waals surface area contributed by atoms with Crippen molar-refractivity contribution in [2.45, 2.75) is 0 Å². The molecule has 0 aliphatic heterocycles. The Balaban J connectivity index is 2.56. The third-order valence-corrected chi connectivity index (χ3v) is 3.25. The van der Waals surface area contributed by atoms with Crippen LogP contribution in [-0.2, 0) is 0 Å². The van der Waals surface area contributed by atoms with E-state index in [1.807, 2.05) is 6.07 Å². The smallest absolute Gasteiger partial charge is 0.151 e. The van der Waals surface area contributed by atoms with Gasteiger partial charge in [0.15, 0.2) is 5.70 Å². The number of nitrogens with one attached hydrogen (secondary N) is 1. The van der Waals surface area contributed by atoms with Gasteiger partial charge < -0.3 is 11.2 Å². The van der Waals surface area contributed by atoms with E-state index in [1.54, 1.807) is 36.4 Å². The first-order valence-corrected chi connectivity index (χ1v) is 6.37. The van der Waals surface area contributed by atoms with Crippen LogP contribution in [-0.4, -0.2) is 0 Å². The number of allylic oxidation sites excluding steroid dienone is 1. The van der Waals surface area contributed by atoms with E-state index in [2.05, 4.69) is 5.43 Å². The first kappa shape index (κ1) is 14.9. The average molecular weight is 303 g/mol. The average Bonchev–Trinajstić information content (AvgIpc) is 2.51. The first-order chi connectivity index (χ1) is 10.1. The van der Waals surface area contributed by atoms with Crippen molar-refractivity contribution < 1.29 is 4.39 Å².